The number of fused-ring (bicyclic) bond motifs is 2. The van der Waals surface area contributed by atoms with Crippen molar-refractivity contribution in [3.05, 3.63) is 47.8 Å². The van der Waals surface area contributed by atoms with Crippen molar-refractivity contribution in [2.75, 3.05) is 18.0 Å². The molecule has 1 fully saturated rings. The highest BCUT2D eigenvalue weighted by Gasteiger charge is 2.36. The van der Waals surface area contributed by atoms with Gasteiger partial charge in [0.25, 0.3) is 5.78 Å². The normalized spacial score (nSPS) is 18.1. The van der Waals surface area contributed by atoms with E-state index in [2.05, 4.69) is 25.3 Å². The highest BCUT2D eigenvalue weighted by atomic mass is 19.4. The van der Waals surface area contributed by atoms with Gasteiger partial charge in [-0.2, -0.15) is 40.9 Å². The summed E-state index contributed by atoms with van der Waals surface area (Å²) >= 11 is 0. The first-order chi connectivity index (χ1) is 15.1. The van der Waals surface area contributed by atoms with Crippen LogP contribution in [0.1, 0.15) is 35.8 Å². The number of piperidine rings is 1. The first-order valence-electron chi connectivity index (χ1n) is 9.56. The van der Waals surface area contributed by atoms with Crippen LogP contribution in [-0.2, 0) is 12.4 Å². The van der Waals surface area contributed by atoms with Gasteiger partial charge >= 0.3 is 12.4 Å². The van der Waals surface area contributed by atoms with Crippen LogP contribution in [0.3, 0.4) is 0 Å². The lowest BCUT2D eigenvalue weighted by Crippen LogP contribution is -2.36. The lowest BCUT2D eigenvalue weighted by atomic mass is 9.97. The van der Waals surface area contributed by atoms with Crippen molar-refractivity contribution in [1.82, 2.24) is 34.2 Å². The number of pyridine rings is 1. The summed E-state index contributed by atoms with van der Waals surface area (Å²) in [7, 11) is 0. The molecule has 14 heteroatoms. The molecule has 0 bridgehead atoms. The standard InChI is InChI=1S/C18H14F6N8/c19-17(20,21)11-3-4-13-28-29-15(31(13)8-11)10-2-1-5-30(7-10)14-6-12(18(22,23)24)27-16-25-9-26-32(14)16/h3-4,6,8-10H,1-2,5,7H2. The Labute approximate surface area is 175 Å². The highest BCUT2D eigenvalue weighted by molar-refractivity contribution is 5.49. The summed E-state index contributed by atoms with van der Waals surface area (Å²) in [4.78, 5) is 8.96. The molecular formula is C18H14F6N8. The summed E-state index contributed by atoms with van der Waals surface area (Å²) in [5, 5.41) is 12.0. The van der Waals surface area contributed by atoms with Gasteiger partial charge in [-0.05, 0) is 25.0 Å². The number of alkyl halides is 6. The smallest absolute Gasteiger partial charge is 0.356 e. The number of hydrogen-bond donors (Lipinski definition) is 0. The van der Waals surface area contributed by atoms with E-state index >= 15 is 0 Å². The molecule has 0 spiro atoms. The zero-order valence-corrected chi connectivity index (χ0v) is 16.1. The monoisotopic (exact) mass is 456 g/mol. The molecule has 0 radical (unpaired) electrons. The average Bonchev–Trinajstić information content (AvgIpc) is 3.38. The number of anilines is 1. The van der Waals surface area contributed by atoms with Gasteiger partial charge in [0, 0.05) is 31.3 Å². The lowest BCUT2D eigenvalue weighted by molar-refractivity contribution is -0.141. The first kappa shape index (κ1) is 20.5. The third-order valence-corrected chi connectivity index (χ3v) is 5.39. The molecule has 168 valence electrons. The molecule has 0 aliphatic carbocycles. The number of aromatic nitrogens is 7. The van der Waals surface area contributed by atoms with Gasteiger partial charge in [-0.3, -0.25) is 4.40 Å². The minimum absolute atomic E-state index is 0.148. The molecule has 1 saturated heterocycles. The van der Waals surface area contributed by atoms with Gasteiger partial charge in [0.2, 0.25) is 0 Å². The predicted molar refractivity (Wildman–Crippen MR) is 98.0 cm³/mol. The first-order valence-corrected chi connectivity index (χ1v) is 9.56. The molecule has 1 atom stereocenters. The number of hydrogen-bond acceptors (Lipinski definition) is 6. The van der Waals surface area contributed by atoms with Crippen molar-refractivity contribution < 1.29 is 26.3 Å². The molecule has 1 aliphatic rings. The molecule has 4 aromatic rings. The predicted octanol–water partition coefficient (Wildman–Crippen LogP) is 3.59. The molecule has 5 heterocycles. The maximum absolute atomic E-state index is 13.3. The minimum atomic E-state index is -4.67. The number of halogens is 6. The SMILES string of the molecule is FC(F)(F)c1ccc2nnc(C3CCCN(c4cc(C(F)(F)F)nc5ncnn45)C3)n2c1. The third kappa shape index (κ3) is 3.48. The molecule has 1 unspecified atom stereocenters. The quantitative estimate of drug-likeness (QED) is 0.429. The summed E-state index contributed by atoms with van der Waals surface area (Å²) in [5.41, 5.74) is -1.68. The van der Waals surface area contributed by atoms with E-state index < -0.39 is 23.6 Å². The minimum Gasteiger partial charge on any atom is -0.356 e. The average molecular weight is 456 g/mol. The Balaban J connectivity index is 1.53. The van der Waals surface area contributed by atoms with Crippen LogP contribution < -0.4 is 4.90 Å². The Morgan fingerprint density at radius 3 is 2.56 bits per heavy atom. The van der Waals surface area contributed by atoms with Crippen LogP contribution in [0.25, 0.3) is 11.4 Å². The van der Waals surface area contributed by atoms with E-state index in [1.807, 2.05) is 0 Å². The van der Waals surface area contributed by atoms with Crippen LogP contribution in [-0.4, -0.2) is 47.3 Å². The Bertz CT molecular complexity index is 1290. The van der Waals surface area contributed by atoms with Crippen molar-refractivity contribution >= 4 is 17.2 Å². The van der Waals surface area contributed by atoms with Crippen molar-refractivity contribution in [2.45, 2.75) is 31.1 Å². The van der Waals surface area contributed by atoms with E-state index in [1.165, 1.54) is 15.0 Å². The van der Waals surface area contributed by atoms with Crippen LogP contribution in [0, 0.1) is 0 Å². The van der Waals surface area contributed by atoms with Crippen molar-refractivity contribution in [2.24, 2.45) is 0 Å². The van der Waals surface area contributed by atoms with Crippen molar-refractivity contribution in [3.8, 4) is 0 Å². The fourth-order valence-corrected chi connectivity index (χ4v) is 3.92. The van der Waals surface area contributed by atoms with Gasteiger partial charge in [-0.1, -0.05) is 0 Å². The number of nitrogens with zero attached hydrogens (tertiary/aromatic N) is 8. The second-order valence-electron chi connectivity index (χ2n) is 7.46. The molecule has 0 saturated carbocycles. The molecular weight excluding hydrogens is 442 g/mol. The Kier molecular flexibility index (Phi) is 4.49. The molecule has 1 aliphatic heterocycles. The highest BCUT2D eigenvalue weighted by Crippen LogP contribution is 2.34. The van der Waals surface area contributed by atoms with Crippen molar-refractivity contribution in [3.63, 3.8) is 0 Å². The molecule has 4 aromatic heterocycles. The molecule has 8 nitrogen and oxygen atoms in total. The Hall–Kier alpha value is -3.45. The van der Waals surface area contributed by atoms with Crippen LogP contribution in [0.5, 0.6) is 0 Å². The summed E-state index contributed by atoms with van der Waals surface area (Å²) < 4.78 is 81.9. The Morgan fingerprint density at radius 2 is 1.81 bits per heavy atom. The second-order valence-corrected chi connectivity index (χ2v) is 7.46. The van der Waals surface area contributed by atoms with Crippen LogP contribution >= 0.6 is 0 Å². The molecule has 0 aromatic carbocycles. The Morgan fingerprint density at radius 1 is 1.00 bits per heavy atom. The summed E-state index contributed by atoms with van der Waals surface area (Å²) in [5.74, 6) is -0.0898. The van der Waals surface area contributed by atoms with E-state index in [0.29, 0.717) is 25.2 Å². The zero-order valence-electron chi connectivity index (χ0n) is 16.1. The fourth-order valence-electron chi connectivity index (χ4n) is 3.92. The summed E-state index contributed by atoms with van der Waals surface area (Å²) in [6.45, 7) is 0.643. The van der Waals surface area contributed by atoms with E-state index in [9.17, 15) is 26.3 Å². The van der Waals surface area contributed by atoms with Crippen molar-refractivity contribution in [1.29, 1.82) is 0 Å². The van der Waals surface area contributed by atoms with E-state index in [0.717, 1.165) is 24.7 Å². The van der Waals surface area contributed by atoms with Gasteiger partial charge in [-0.15, -0.1) is 10.2 Å². The second kappa shape index (κ2) is 7.03. The molecule has 0 amide bonds. The molecule has 5 rings (SSSR count). The fraction of sp³-hybridized carbons (Fsp3) is 0.389. The van der Waals surface area contributed by atoms with Gasteiger partial charge < -0.3 is 4.90 Å². The van der Waals surface area contributed by atoms with Gasteiger partial charge in [0.05, 0.1) is 5.56 Å². The lowest BCUT2D eigenvalue weighted by Gasteiger charge is -2.33. The van der Waals surface area contributed by atoms with Gasteiger partial charge in [-0.25, -0.2) is 4.98 Å². The van der Waals surface area contributed by atoms with Crippen LogP contribution in [0.2, 0.25) is 0 Å². The maximum Gasteiger partial charge on any atom is 0.433 e. The van der Waals surface area contributed by atoms with Gasteiger partial charge in [0.15, 0.2) is 11.3 Å². The molecule has 0 N–H and O–H groups in total. The maximum atomic E-state index is 13.3. The topological polar surface area (TPSA) is 76.5 Å². The van der Waals surface area contributed by atoms with E-state index in [1.54, 1.807) is 4.90 Å². The van der Waals surface area contributed by atoms with Crippen LogP contribution in [0.15, 0.2) is 30.7 Å². The van der Waals surface area contributed by atoms with E-state index in [4.69, 9.17) is 0 Å². The largest absolute Gasteiger partial charge is 0.433 e. The van der Waals surface area contributed by atoms with E-state index in [-0.39, 0.29) is 29.7 Å². The zero-order chi connectivity index (χ0) is 22.7. The molecule has 32 heavy (non-hydrogen) atoms. The van der Waals surface area contributed by atoms with Crippen LogP contribution in [0.4, 0.5) is 32.2 Å². The van der Waals surface area contributed by atoms with Gasteiger partial charge in [0.1, 0.15) is 18.0 Å². The third-order valence-electron chi connectivity index (χ3n) is 5.39. The summed E-state index contributed by atoms with van der Waals surface area (Å²) in [6, 6.07) is 3.06. The summed E-state index contributed by atoms with van der Waals surface area (Å²) in [6.07, 6.45) is -5.98. The number of rotatable bonds is 2.